The summed E-state index contributed by atoms with van der Waals surface area (Å²) in [7, 11) is 1.62. The van der Waals surface area contributed by atoms with Gasteiger partial charge >= 0.3 is 0 Å². The van der Waals surface area contributed by atoms with Crippen molar-refractivity contribution < 1.29 is 9.13 Å². The first-order chi connectivity index (χ1) is 9.52. The smallest absolute Gasteiger partial charge is 0.173 e. The molecule has 0 aromatic heterocycles. The van der Waals surface area contributed by atoms with E-state index in [9.17, 15) is 0 Å². The van der Waals surface area contributed by atoms with Crippen LogP contribution in [0.1, 0.15) is 22.3 Å². The zero-order valence-corrected chi connectivity index (χ0v) is 12.1. The molecule has 1 atom stereocenters. The Morgan fingerprint density at radius 1 is 1.10 bits per heavy atom. The van der Waals surface area contributed by atoms with Crippen molar-refractivity contribution in [1.29, 1.82) is 0 Å². The highest BCUT2D eigenvalue weighted by Crippen LogP contribution is 2.37. The Balaban J connectivity index is 2.61. The molecular weight excluding hydrogens is 253 g/mol. The molecule has 3 heteroatoms. The van der Waals surface area contributed by atoms with Crippen LogP contribution in [0.2, 0.25) is 0 Å². The van der Waals surface area contributed by atoms with E-state index in [1.165, 1.54) is 0 Å². The van der Waals surface area contributed by atoms with Crippen LogP contribution in [-0.2, 0) is 5.67 Å². The van der Waals surface area contributed by atoms with Crippen molar-refractivity contribution in [3.05, 3.63) is 64.7 Å². The van der Waals surface area contributed by atoms with E-state index in [-0.39, 0.29) is 6.54 Å². The van der Waals surface area contributed by atoms with Crippen LogP contribution in [0.4, 0.5) is 4.39 Å². The number of alkyl halides is 1. The van der Waals surface area contributed by atoms with Crippen molar-refractivity contribution >= 4 is 0 Å². The molecule has 0 amide bonds. The Morgan fingerprint density at radius 2 is 1.75 bits per heavy atom. The summed E-state index contributed by atoms with van der Waals surface area (Å²) in [5.41, 5.74) is 7.00. The Kier molecular flexibility index (Phi) is 4.09. The van der Waals surface area contributed by atoms with Gasteiger partial charge in [0.2, 0.25) is 0 Å². The molecular formula is C17H20FNO. The van der Waals surface area contributed by atoms with Crippen LogP contribution in [0.5, 0.6) is 5.75 Å². The van der Waals surface area contributed by atoms with E-state index in [1.54, 1.807) is 19.2 Å². The molecule has 0 heterocycles. The number of ether oxygens (including phenoxy) is 1. The van der Waals surface area contributed by atoms with E-state index in [0.717, 1.165) is 16.9 Å². The summed E-state index contributed by atoms with van der Waals surface area (Å²) in [6.07, 6.45) is 0. The number of halogens is 1. The third kappa shape index (κ3) is 2.41. The van der Waals surface area contributed by atoms with Crippen LogP contribution in [0.3, 0.4) is 0 Å². The Hall–Kier alpha value is -1.87. The molecule has 106 valence electrons. The average molecular weight is 273 g/mol. The average Bonchev–Trinajstić information content (AvgIpc) is 2.49. The van der Waals surface area contributed by atoms with Crippen molar-refractivity contribution in [3.63, 3.8) is 0 Å². The van der Waals surface area contributed by atoms with Gasteiger partial charge in [-0.05, 0) is 48.2 Å². The Labute approximate surface area is 119 Å². The summed E-state index contributed by atoms with van der Waals surface area (Å²) in [5, 5.41) is 0. The van der Waals surface area contributed by atoms with Gasteiger partial charge in [0.15, 0.2) is 5.67 Å². The molecule has 2 aromatic rings. The largest absolute Gasteiger partial charge is 0.496 e. The van der Waals surface area contributed by atoms with E-state index >= 15 is 4.39 Å². The quantitative estimate of drug-likeness (QED) is 0.925. The monoisotopic (exact) mass is 273 g/mol. The Bertz CT molecular complexity index is 597. The number of benzene rings is 2. The number of hydrogen-bond donors (Lipinski definition) is 1. The molecule has 0 spiro atoms. The molecule has 0 radical (unpaired) electrons. The van der Waals surface area contributed by atoms with Crippen LogP contribution in [0.25, 0.3) is 0 Å². The summed E-state index contributed by atoms with van der Waals surface area (Å²) in [5.74, 6) is 0.763. The first-order valence-corrected chi connectivity index (χ1v) is 6.63. The minimum atomic E-state index is -1.68. The minimum absolute atomic E-state index is 0.0936. The van der Waals surface area contributed by atoms with Crippen molar-refractivity contribution in [2.24, 2.45) is 5.73 Å². The fraction of sp³-hybridized carbons (Fsp3) is 0.294. The highest BCUT2D eigenvalue weighted by atomic mass is 19.1. The van der Waals surface area contributed by atoms with Gasteiger partial charge in [-0.1, -0.05) is 30.3 Å². The number of methoxy groups -OCH3 is 1. The lowest BCUT2D eigenvalue weighted by Gasteiger charge is -2.27. The van der Waals surface area contributed by atoms with Crippen LogP contribution in [-0.4, -0.2) is 13.7 Å². The third-order valence-electron chi connectivity index (χ3n) is 3.68. The normalized spacial score (nSPS) is 13.8. The SMILES string of the molecule is COc1cc(C)c(C(F)(CN)c2ccccc2)cc1C. The minimum Gasteiger partial charge on any atom is -0.496 e. The molecule has 0 aliphatic carbocycles. The molecule has 0 saturated carbocycles. The number of hydrogen-bond acceptors (Lipinski definition) is 2. The lowest BCUT2D eigenvalue weighted by molar-refractivity contribution is 0.231. The summed E-state index contributed by atoms with van der Waals surface area (Å²) in [4.78, 5) is 0. The van der Waals surface area contributed by atoms with E-state index in [4.69, 9.17) is 10.5 Å². The zero-order chi connectivity index (χ0) is 14.8. The first-order valence-electron chi connectivity index (χ1n) is 6.63. The van der Waals surface area contributed by atoms with Crippen molar-refractivity contribution in [2.75, 3.05) is 13.7 Å². The standard InChI is InChI=1S/C17H20FNO/c1-12-10-16(20-3)13(2)9-15(12)17(18,11-19)14-7-5-4-6-8-14/h4-10H,11,19H2,1-3H3. The van der Waals surface area contributed by atoms with E-state index < -0.39 is 5.67 Å². The molecule has 0 bridgehead atoms. The fourth-order valence-corrected chi connectivity index (χ4v) is 2.52. The summed E-state index contributed by atoms with van der Waals surface area (Å²) < 4.78 is 20.8. The van der Waals surface area contributed by atoms with Crippen LogP contribution in [0.15, 0.2) is 42.5 Å². The second-order valence-corrected chi connectivity index (χ2v) is 5.01. The van der Waals surface area contributed by atoms with Crippen LogP contribution >= 0.6 is 0 Å². The predicted octanol–water partition coefficient (Wildman–Crippen LogP) is 3.48. The van der Waals surface area contributed by atoms with Gasteiger partial charge in [0.05, 0.1) is 7.11 Å². The third-order valence-corrected chi connectivity index (χ3v) is 3.68. The lowest BCUT2D eigenvalue weighted by atomic mass is 9.84. The van der Waals surface area contributed by atoms with Gasteiger partial charge in [-0.3, -0.25) is 0 Å². The molecule has 2 aromatic carbocycles. The molecule has 0 aliphatic heterocycles. The summed E-state index contributed by atoms with van der Waals surface area (Å²) in [6, 6.07) is 12.7. The maximum atomic E-state index is 15.5. The van der Waals surface area contributed by atoms with Gasteiger partial charge in [-0.15, -0.1) is 0 Å². The maximum absolute atomic E-state index is 15.5. The molecule has 2 N–H and O–H groups in total. The highest BCUT2D eigenvalue weighted by Gasteiger charge is 2.34. The predicted molar refractivity (Wildman–Crippen MR) is 79.9 cm³/mol. The second kappa shape index (κ2) is 5.63. The topological polar surface area (TPSA) is 35.2 Å². The van der Waals surface area contributed by atoms with E-state index in [0.29, 0.717) is 11.1 Å². The molecule has 2 rings (SSSR count). The summed E-state index contributed by atoms with van der Waals surface area (Å²) >= 11 is 0. The van der Waals surface area contributed by atoms with E-state index in [2.05, 4.69) is 0 Å². The van der Waals surface area contributed by atoms with Gasteiger partial charge in [-0.2, -0.15) is 0 Å². The summed E-state index contributed by atoms with van der Waals surface area (Å²) in [6.45, 7) is 3.69. The molecule has 20 heavy (non-hydrogen) atoms. The number of rotatable bonds is 4. The Morgan fingerprint density at radius 3 is 2.30 bits per heavy atom. The second-order valence-electron chi connectivity index (χ2n) is 5.01. The van der Waals surface area contributed by atoms with Crippen LogP contribution < -0.4 is 10.5 Å². The van der Waals surface area contributed by atoms with Crippen LogP contribution in [0, 0.1) is 13.8 Å². The molecule has 0 fully saturated rings. The van der Waals surface area contributed by atoms with Gasteiger partial charge in [-0.25, -0.2) is 4.39 Å². The van der Waals surface area contributed by atoms with Crippen molar-refractivity contribution in [3.8, 4) is 5.75 Å². The first kappa shape index (κ1) is 14.5. The van der Waals surface area contributed by atoms with Crippen molar-refractivity contribution in [1.82, 2.24) is 0 Å². The molecule has 0 aliphatic rings. The highest BCUT2D eigenvalue weighted by molar-refractivity contribution is 5.48. The lowest BCUT2D eigenvalue weighted by Crippen LogP contribution is -2.32. The molecule has 1 unspecified atom stereocenters. The van der Waals surface area contributed by atoms with Crippen molar-refractivity contribution in [2.45, 2.75) is 19.5 Å². The number of aryl methyl sites for hydroxylation is 2. The van der Waals surface area contributed by atoms with Gasteiger partial charge in [0, 0.05) is 6.54 Å². The van der Waals surface area contributed by atoms with Gasteiger partial charge in [0.1, 0.15) is 5.75 Å². The fourth-order valence-electron chi connectivity index (χ4n) is 2.52. The van der Waals surface area contributed by atoms with Gasteiger partial charge < -0.3 is 10.5 Å². The zero-order valence-electron chi connectivity index (χ0n) is 12.1. The maximum Gasteiger partial charge on any atom is 0.173 e. The molecule has 2 nitrogen and oxygen atoms in total. The van der Waals surface area contributed by atoms with Gasteiger partial charge in [0.25, 0.3) is 0 Å². The number of nitrogens with two attached hydrogens (primary N) is 1. The van der Waals surface area contributed by atoms with E-state index in [1.807, 2.05) is 44.2 Å². The molecule has 0 saturated heterocycles.